The number of ether oxygens (including phenoxy) is 1. The van der Waals surface area contributed by atoms with E-state index in [0.717, 1.165) is 31.8 Å². The maximum absolute atomic E-state index is 13.3. The molecule has 6 heteroatoms. The van der Waals surface area contributed by atoms with Gasteiger partial charge in [-0.2, -0.15) is 0 Å². The first kappa shape index (κ1) is 17.8. The second-order valence-corrected chi connectivity index (χ2v) is 7.93. The summed E-state index contributed by atoms with van der Waals surface area (Å²) in [6.45, 7) is 1.35. The maximum atomic E-state index is 13.3. The van der Waals surface area contributed by atoms with Crippen molar-refractivity contribution in [3.63, 3.8) is 0 Å². The number of fused-ring (bicyclic) bond motifs is 3. The second-order valence-electron chi connectivity index (χ2n) is 7.01. The number of halogens is 1. The monoisotopic (exact) mass is 446 g/mol. The molecule has 3 aromatic heterocycles. The summed E-state index contributed by atoms with van der Waals surface area (Å²) in [5.41, 5.74) is 3.37. The molecule has 0 N–H and O–H groups in total. The molecule has 0 saturated heterocycles. The van der Waals surface area contributed by atoms with Crippen molar-refractivity contribution >= 4 is 49.1 Å². The average Bonchev–Trinajstić information content (AvgIpc) is 2.99. The summed E-state index contributed by atoms with van der Waals surface area (Å²) in [5, 5.41) is 2.39. The Balaban J connectivity index is 1.88. The van der Waals surface area contributed by atoms with Crippen molar-refractivity contribution in [2.24, 2.45) is 0 Å². The largest absolute Gasteiger partial charge is 0.427 e. The van der Waals surface area contributed by atoms with Crippen LogP contribution >= 0.6 is 15.9 Å². The number of pyridine rings is 2. The van der Waals surface area contributed by atoms with Gasteiger partial charge in [-0.05, 0) is 42.0 Å². The summed E-state index contributed by atoms with van der Waals surface area (Å²) >= 11 is 3.53. The molecule has 0 spiro atoms. The summed E-state index contributed by atoms with van der Waals surface area (Å²) in [6, 6.07) is 13.3. The van der Waals surface area contributed by atoms with Crippen molar-refractivity contribution in [1.82, 2.24) is 9.38 Å². The Kier molecular flexibility index (Phi) is 4.10. The van der Waals surface area contributed by atoms with Crippen molar-refractivity contribution in [1.29, 1.82) is 0 Å². The van der Waals surface area contributed by atoms with E-state index in [4.69, 9.17) is 4.74 Å². The zero-order chi connectivity index (χ0) is 20.1. The van der Waals surface area contributed by atoms with Crippen LogP contribution in [-0.2, 0) is 11.2 Å². The van der Waals surface area contributed by atoms with Crippen LogP contribution in [0.1, 0.15) is 18.1 Å². The molecule has 0 bridgehead atoms. The fourth-order valence-electron chi connectivity index (χ4n) is 3.90. The van der Waals surface area contributed by atoms with Gasteiger partial charge >= 0.3 is 5.97 Å². The topological polar surface area (TPSA) is 60.7 Å². The number of rotatable bonds is 3. The zero-order valence-electron chi connectivity index (χ0n) is 15.5. The van der Waals surface area contributed by atoms with Gasteiger partial charge in [0, 0.05) is 52.7 Å². The van der Waals surface area contributed by atoms with Gasteiger partial charge in [-0.15, -0.1) is 0 Å². The molecule has 0 aliphatic heterocycles. The summed E-state index contributed by atoms with van der Waals surface area (Å²) in [6.07, 6.45) is 5.86. The van der Waals surface area contributed by atoms with Gasteiger partial charge in [0.05, 0.1) is 16.4 Å². The molecule has 3 heterocycles. The highest BCUT2D eigenvalue weighted by Crippen LogP contribution is 2.35. The molecular formula is C23H15BrN2O3. The van der Waals surface area contributed by atoms with Crippen LogP contribution in [0, 0.1) is 0 Å². The van der Waals surface area contributed by atoms with Gasteiger partial charge in [0.25, 0.3) is 0 Å². The van der Waals surface area contributed by atoms with Crippen molar-refractivity contribution in [2.45, 2.75) is 13.3 Å². The van der Waals surface area contributed by atoms with Gasteiger partial charge in [0.1, 0.15) is 5.75 Å². The molecule has 0 saturated carbocycles. The molecule has 0 atom stereocenters. The van der Waals surface area contributed by atoms with E-state index < -0.39 is 5.97 Å². The van der Waals surface area contributed by atoms with Crippen LogP contribution in [-0.4, -0.2) is 15.4 Å². The van der Waals surface area contributed by atoms with E-state index in [1.54, 1.807) is 18.5 Å². The van der Waals surface area contributed by atoms with Gasteiger partial charge in [-0.25, -0.2) is 0 Å². The molecule has 0 amide bonds. The van der Waals surface area contributed by atoms with Crippen molar-refractivity contribution in [2.75, 3.05) is 0 Å². The Morgan fingerprint density at radius 2 is 1.97 bits per heavy atom. The van der Waals surface area contributed by atoms with Gasteiger partial charge in [-0.3, -0.25) is 14.6 Å². The van der Waals surface area contributed by atoms with Crippen LogP contribution in [0.25, 0.3) is 27.2 Å². The van der Waals surface area contributed by atoms with Gasteiger partial charge in [0.2, 0.25) is 0 Å². The lowest BCUT2D eigenvalue weighted by molar-refractivity contribution is -0.131. The molecule has 5 nitrogen and oxygen atoms in total. The van der Waals surface area contributed by atoms with Crippen molar-refractivity contribution in [3.8, 4) is 5.75 Å². The third-order valence-corrected chi connectivity index (χ3v) is 5.53. The van der Waals surface area contributed by atoms with Gasteiger partial charge in [0.15, 0.2) is 5.43 Å². The van der Waals surface area contributed by atoms with Gasteiger partial charge in [-0.1, -0.05) is 22.0 Å². The molecule has 142 valence electrons. The van der Waals surface area contributed by atoms with Crippen LogP contribution < -0.4 is 10.2 Å². The summed E-state index contributed by atoms with van der Waals surface area (Å²) < 4.78 is 8.33. The van der Waals surface area contributed by atoms with Crippen LogP contribution in [0.4, 0.5) is 0 Å². The van der Waals surface area contributed by atoms with E-state index >= 15 is 0 Å². The molecular weight excluding hydrogens is 432 g/mol. The average molecular weight is 447 g/mol. The summed E-state index contributed by atoms with van der Waals surface area (Å²) in [7, 11) is 0. The number of esters is 1. The van der Waals surface area contributed by atoms with Crippen molar-refractivity contribution in [3.05, 3.63) is 86.9 Å². The van der Waals surface area contributed by atoms with Crippen LogP contribution in [0.2, 0.25) is 0 Å². The molecule has 5 rings (SSSR count). The molecule has 5 aromatic rings. The van der Waals surface area contributed by atoms with E-state index in [1.165, 1.54) is 6.92 Å². The molecule has 29 heavy (non-hydrogen) atoms. The number of aromatic nitrogens is 2. The van der Waals surface area contributed by atoms with Crippen LogP contribution in [0.15, 0.2) is 70.3 Å². The predicted octanol–water partition coefficient (Wildman–Crippen LogP) is 4.72. The minimum absolute atomic E-state index is 0.0674. The normalized spacial score (nSPS) is 11.5. The number of carbonyl (C=O) groups is 1. The Morgan fingerprint density at radius 1 is 1.14 bits per heavy atom. The third kappa shape index (κ3) is 2.96. The van der Waals surface area contributed by atoms with E-state index in [1.807, 2.05) is 42.6 Å². The van der Waals surface area contributed by atoms with E-state index in [2.05, 4.69) is 25.3 Å². The van der Waals surface area contributed by atoms with E-state index in [9.17, 15) is 9.59 Å². The Hall–Kier alpha value is -3.25. The molecule has 0 unspecified atom stereocenters. The predicted molar refractivity (Wildman–Crippen MR) is 116 cm³/mol. The molecule has 0 fully saturated rings. The first-order chi connectivity index (χ1) is 14.0. The fourth-order valence-corrected chi connectivity index (χ4v) is 4.26. The Morgan fingerprint density at radius 3 is 2.72 bits per heavy atom. The highest BCUT2D eigenvalue weighted by atomic mass is 79.9. The van der Waals surface area contributed by atoms with Crippen molar-refractivity contribution < 1.29 is 9.53 Å². The highest BCUT2D eigenvalue weighted by Gasteiger charge is 2.18. The maximum Gasteiger partial charge on any atom is 0.308 e. The summed E-state index contributed by atoms with van der Waals surface area (Å²) in [5.74, 6) is -0.0501. The number of hydrogen-bond donors (Lipinski definition) is 0. The molecule has 2 aromatic carbocycles. The minimum Gasteiger partial charge on any atom is -0.427 e. The lowest BCUT2D eigenvalue weighted by Crippen LogP contribution is -2.12. The standard InChI is InChI=1S/C23H15BrN2O3/c1-13(27)29-17-9-19-18-8-16(24)4-5-21(18)26-12-15(7-14-3-2-6-25-11-14)23(28)20(10-17)22(19)26/h2-6,8-12H,7H2,1H3. The SMILES string of the molecule is CC(=O)Oc1cc2c(=O)c(Cc3cccnc3)cn3c4ccc(Br)cc4c(c1)c23. The van der Waals surface area contributed by atoms with Crippen LogP contribution in [0.5, 0.6) is 5.75 Å². The fraction of sp³-hybridized carbons (Fsp3) is 0.0870. The molecule has 0 aliphatic rings. The van der Waals surface area contributed by atoms with Gasteiger partial charge < -0.3 is 9.14 Å². The van der Waals surface area contributed by atoms with E-state index in [0.29, 0.717) is 23.1 Å². The highest BCUT2D eigenvalue weighted by molar-refractivity contribution is 9.10. The minimum atomic E-state index is -0.421. The first-order valence-corrected chi connectivity index (χ1v) is 9.90. The third-order valence-electron chi connectivity index (χ3n) is 5.03. The van der Waals surface area contributed by atoms with Crippen LogP contribution in [0.3, 0.4) is 0 Å². The Labute approximate surface area is 174 Å². The quantitative estimate of drug-likeness (QED) is 0.297. The summed E-state index contributed by atoms with van der Waals surface area (Å²) in [4.78, 5) is 29.0. The number of carbonyl (C=O) groups excluding carboxylic acids is 1. The lowest BCUT2D eigenvalue weighted by Gasteiger charge is -2.08. The number of benzene rings is 2. The molecule has 0 aliphatic carbocycles. The lowest BCUT2D eigenvalue weighted by atomic mass is 10.0. The second kappa shape index (κ2) is 6.67. The Bertz CT molecular complexity index is 1460. The number of hydrogen-bond acceptors (Lipinski definition) is 4. The van der Waals surface area contributed by atoms with E-state index in [-0.39, 0.29) is 5.43 Å². The molecule has 0 radical (unpaired) electrons. The smallest absolute Gasteiger partial charge is 0.308 e. The number of nitrogens with zero attached hydrogens (tertiary/aromatic N) is 2. The first-order valence-electron chi connectivity index (χ1n) is 9.11. The zero-order valence-corrected chi connectivity index (χ0v) is 17.1.